The van der Waals surface area contributed by atoms with Gasteiger partial charge in [-0.1, -0.05) is 54.6 Å². The van der Waals surface area contributed by atoms with Gasteiger partial charge in [-0.25, -0.2) is 4.39 Å². The summed E-state index contributed by atoms with van der Waals surface area (Å²) >= 11 is 0. The van der Waals surface area contributed by atoms with E-state index >= 15 is 0 Å². The van der Waals surface area contributed by atoms with Crippen molar-refractivity contribution in [3.8, 4) is 0 Å². The molecule has 3 rings (SSSR count). The van der Waals surface area contributed by atoms with Crippen LogP contribution in [-0.2, 0) is 11.2 Å². The molecular weight excluding hydrogens is 313 g/mol. The average molecular weight is 337 g/mol. The molecule has 3 aromatic rings. The largest absolute Gasteiger partial charge is 0.381 e. The van der Waals surface area contributed by atoms with Gasteiger partial charge in [-0.05, 0) is 53.3 Å². The highest BCUT2D eigenvalue weighted by molar-refractivity contribution is 5.82. The van der Waals surface area contributed by atoms with Gasteiger partial charge < -0.3 is 10.5 Å². The quantitative estimate of drug-likeness (QED) is 0.586. The third kappa shape index (κ3) is 5.12. The molecule has 0 spiro atoms. The van der Waals surface area contributed by atoms with Gasteiger partial charge in [0.2, 0.25) is 0 Å². The van der Waals surface area contributed by atoms with Crippen molar-refractivity contribution in [1.29, 1.82) is 0 Å². The van der Waals surface area contributed by atoms with Crippen LogP contribution in [0.3, 0.4) is 0 Å². The molecule has 0 saturated carbocycles. The third-order valence-corrected chi connectivity index (χ3v) is 4.45. The number of benzene rings is 3. The topological polar surface area (TPSA) is 35.2 Å². The van der Waals surface area contributed by atoms with Gasteiger partial charge in [0, 0.05) is 12.6 Å². The number of rotatable bonds is 8. The first-order chi connectivity index (χ1) is 12.2. The molecule has 2 N–H and O–H groups in total. The first-order valence-corrected chi connectivity index (χ1v) is 8.79. The van der Waals surface area contributed by atoms with Gasteiger partial charge in [0.15, 0.2) is 0 Å². The summed E-state index contributed by atoms with van der Waals surface area (Å²) < 4.78 is 18.6. The smallest absolute Gasteiger partial charge is 0.123 e. The van der Waals surface area contributed by atoms with Gasteiger partial charge in [-0.2, -0.15) is 0 Å². The minimum absolute atomic E-state index is 0.0651. The van der Waals surface area contributed by atoms with Crippen molar-refractivity contribution in [1.82, 2.24) is 0 Å². The van der Waals surface area contributed by atoms with Crippen molar-refractivity contribution in [2.75, 3.05) is 13.2 Å². The average Bonchev–Trinajstić information content (AvgIpc) is 2.65. The Morgan fingerprint density at radius 3 is 2.44 bits per heavy atom. The number of hydrogen-bond donors (Lipinski definition) is 1. The molecule has 0 radical (unpaired) electrons. The predicted octanol–water partition coefficient (Wildman–Crippen LogP) is 5.02. The first-order valence-electron chi connectivity index (χ1n) is 8.79. The number of fused-ring (bicyclic) bond motifs is 1. The van der Waals surface area contributed by atoms with E-state index in [2.05, 4.69) is 42.5 Å². The van der Waals surface area contributed by atoms with E-state index in [-0.39, 0.29) is 11.9 Å². The van der Waals surface area contributed by atoms with Crippen LogP contribution < -0.4 is 5.73 Å². The molecule has 3 aromatic carbocycles. The van der Waals surface area contributed by atoms with Crippen LogP contribution in [0.2, 0.25) is 0 Å². The number of hydrogen-bond acceptors (Lipinski definition) is 2. The molecule has 25 heavy (non-hydrogen) atoms. The Labute approximate surface area is 148 Å². The van der Waals surface area contributed by atoms with Crippen LogP contribution in [0.15, 0.2) is 66.7 Å². The molecule has 0 amide bonds. The lowest BCUT2D eigenvalue weighted by atomic mass is 10.0. The Balaban J connectivity index is 1.36. The van der Waals surface area contributed by atoms with E-state index < -0.39 is 0 Å². The Bertz CT molecular complexity index is 800. The van der Waals surface area contributed by atoms with E-state index in [9.17, 15) is 4.39 Å². The monoisotopic (exact) mass is 337 g/mol. The molecule has 0 fully saturated rings. The van der Waals surface area contributed by atoms with Gasteiger partial charge in [-0.3, -0.25) is 0 Å². The molecule has 0 aliphatic rings. The molecule has 0 saturated heterocycles. The summed E-state index contributed by atoms with van der Waals surface area (Å²) in [6.45, 7) is 1.41. The fraction of sp³-hybridized carbons (Fsp3) is 0.273. The van der Waals surface area contributed by atoms with E-state index in [1.807, 2.05) is 0 Å². The van der Waals surface area contributed by atoms with Gasteiger partial charge in [0.25, 0.3) is 0 Å². The van der Waals surface area contributed by atoms with Gasteiger partial charge in [0.05, 0.1) is 6.61 Å². The lowest BCUT2D eigenvalue weighted by Gasteiger charge is -2.12. The lowest BCUT2D eigenvalue weighted by Crippen LogP contribution is -2.11. The standard InChI is InChI=1S/C22H24FNO/c23-21-11-9-19(10-12-21)22(24)6-3-14-25-15-13-17-7-8-18-4-1-2-5-20(18)16-17/h1-2,4-5,7-12,16,22H,3,6,13-15,24H2. The minimum Gasteiger partial charge on any atom is -0.381 e. The highest BCUT2D eigenvalue weighted by Gasteiger charge is 2.05. The first kappa shape index (κ1) is 17.6. The van der Waals surface area contributed by atoms with Crippen molar-refractivity contribution in [3.05, 3.63) is 83.7 Å². The Kier molecular flexibility index (Phi) is 6.15. The summed E-state index contributed by atoms with van der Waals surface area (Å²) in [5.74, 6) is -0.229. The number of halogens is 1. The second kappa shape index (κ2) is 8.75. The molecule has 2 nitrogen and oxygen atoms in total. The second-order valence-electron chi connectivity index (χ2n) is 6.34. The van der Waals surface area contributed by atoms with E-state index in [1.165, 1.54) is 28.5 Å². The van der Waals surface area contributed by atoms with Crippen LogP contribution in [0, 0.1) is 5.82 Å². The summed E-state index contributed by atoms with van der Waals surface area (Å²) in [4.78, 5) is 0. The molecular formula is C22H24FNO. The molecule has 0 heterocycles. The zero-order valence-electron chi connectivity index (χ0n) is 14.3. The van der Waals surface area contributed by atoms with Crippen molar-refractivity contribution in [3.63, 3.8) is 0 Å². The molecule has 1 unspecified atom stereocenters. The minimum atomic E-state index is -0.229. The molecule has 130 valence electrons. The molecule has 0 aliphatic heterocycles. The maximum atomic E-state index is 12.9. The highest BCUT2D eigenvalue weighted by atomic mass is 19.1. The molecule has 0 aliphatic carbocycles. The second-order valence-corrected chi connectivity index (χ2v) is 6.34. The molecule has 0 aromatic heterocycles. The molecule has 0 bridgehead atoms. The lowest BCUT2D eigenvalue weighted by molar-refractivity contribution is 0.132. The van der Waals surface area contributed by atoms with Gasteiger partial charge in [-0.15, -0.1) is 0 Å². The SMILES string of the molecule is NC(CCCOCCc1ccc2ccccc2c1)c1ccc(F)cc1. The maximum absolute atomic E-state index is 12.9. The summed E-state index contributed by atoms with van der Waals surface area (Å²) in [5.41, 5.74) is 8.39. The fourth-order valence-corrected chi connectivity index (χ4v) is 2.97. The van der Waals surface area contributed by atoms with Crippen molar-refractivity contribution in [2.45, 2.75) is 25.3 Å². The highest BCUT2D eigenvalue weighted by Crippen LogP contribution is 2.17. The Morgan fingerprint density at radius 2 is 1.64 bits per heavy atom. The van der Waals surface area contributed by atoms with Crippen LogP contribution in [-0.4, -0.2) is 13.2 Å². The van der Waals surface area contributed by atoms with Crippen molar-refractivity contribution in [2.24, 2.45) is 5.73 Å². The van der Waals surface area contributed by atoms with Crippen molar-refractivity contribution < 1.29 is 9.13 Å². The molecule has 1 atom stereocenters. The molecule has 3 heteroatoms. The summed E-state index contributed by atoms with van der Waals surface area (Å²) in [7, 11) is 0. The van der Waals surface area contributed by atoms with Gasteiger partial charge in [0.1, 0.15) is 5.82 Å². The van der Waals surface area contributed by atoms with Crippen LogP contribution in [0.5, 0.6) is 0 Å². The fourth-order valence-electron chi connectivity index (χ4n) is 2.97. The summed E-state index contributed by atoms with van der Waals surface area (Å²) in [5, 5.41) is 2.53. The van der Waals surface area contributed by atoms with Crippen LogP contribution in [0.25, 0.3) is 10.8 Å². The van der Waals surface area contributed by atoms with Crippen LogP contribution >= 0.6 is 0 Å². The van der Waals surface area contributed by atoms with Crippen molar-refractivity contribution >= 4 is 10.8 Å². The summed E-state index contributed by atoms with van der Waals surface area (Å²) in [6.07, 6.45) is 2.65. The zero-order valence-corrected chi connectivity index (χ0v) is 14.3. The van der Waals surface area contributed by atoms with Gasteiger partial charge >= 0.3 is 0 Å². The predicted molar refractivity (Wildman–Crippen MR) is 101 cm³/mol. The summed E-state index contributed by atoms with van der Waals surface area (Å²) in [6, 6.07) is 21.3. The van der Waals surface area contributed by atoms with Crippen LogP contribution in [0.1, 0.15) is 30.0 Å². The van der Waals surface area contributed by atoms with E-state index in [4.69, 9.17) is 10.5 Å². The maximum Gasteiger partial charge on any atom is 0.123 e. The van der Waals surface area contributed by atoms with E-state index in [1.54, 1.807) is 12.1 Å². The third-order valence-electron chi connectivity index (χ3n) is 4.45. The van der Waals surface area contributed by atoms with E-state index in [0.29, 0.717) is 13.2 Å². The zero-order chi connectivity index (χ0) is 17.5. The van der Waals surface area contributed by atoms with E-state index in [0.717, 1.165) is 24.8 Å². The number of ether oxygens (including phenoxy) is 1. The Hall–Kier alpha value is -2.23. The Morgan fingerprint density at radius 1 is 0.880 bits per heavy atom. The van der Waals surface area contributed by atoms with Crippen LogP contribution in [0.4, 0.5) is 4.39 Å². The number of nitrogens with two attached hydrogens (primary N) is 1. The normalized spacial score (nSPS) is 12.4.